The van der Waals surface area contributed by atoms with Gasteiger partial charge >= 0.3 is 0 Å². The Hall–Kier alpha value is -4.63. The molecule has 1 saturated carbocycles. The van der Waals surface area contributed by atoms with Gasteiger partial charge in [-0.25, -0.2) is 4.98 Å². The third kappa shape index (κ3) is 4.21. The lowest BCUT2D eigenvalue weighted by Gasteiger charge is -2.24. The third-order valence-electron chi connectivity index (χ3n) is 7.38. The Bertz CT molecular complexity index is 1890. The molecule has 5 heterocycles. The molecule has 1 fully saturated rings. The van der Waals surface area contributed by atoms with Crippen LogP contribution < -0.4 is 5.32 Å². The van der Waals surface area contributed by atoms with Gasteiger partial charge in [-0.2, -0.15) is 5.10 Å². The SMILES string of the molecule is CC(=O)c1ccc(-c2cccc3[nH]c(-c4[nH]nc5ncc(-c6cncc(NC(=O)C7CCC7)c6)cc45)cc23)s1. The number of benzene rings is 1. The number of carbonyl (C=O) groups excluding carboxylic acids is 2. The van der Waals surface area contributed by atoms with Crippen LogP contribution in [0.15, 0.2) is 67.1 Å². The van der Waals surface area contributed by atoms with Gasteiger partial charge in [0.25, 0.3) is 0 Å². The molecule has 0 bridgehead atoms. The van der Waals surface area contributed by atoms with E-state index in [2.05, 4.69) is 42.6 Å². The van der Waals surface area contributed by atoms with Gasteiger partial charge in [-0.1, -0.05) is 18.6 Å². The van der Waals surface area contributed by atoms with Crippen LogP contribution in [-0.4, -0.2) is 36.8 Å². The fourth-order valence-corrected chi connectivity index (χ4v) is 5.96. The van der Waals surface area contributed by atoms with Crippen molar-refractivity contribution in [3.8, 4) is 33.0 Å². The number of fused-ring (bicyclic) bond motifs is 2. The molecular weight excluding hydrogens is 508 g/mol. The van der Waals surface area contributed by atoms with Crippen molar-refractivity contribution in [1.82, 2.24) is 25.1 Å². The van der Waals surface area contributed by atoms with Crippen molar-refractivity contribution in [3.05, 3.63) is 72.0 Å². The Morgan fingerprint density at radius 2 is 1.87 bits per heavy atom. The van der Waals surface area contributed by atoms with Gasteiger partial charge in [-0.3, -0.25) is 19.7 Å². The summed E-state index contributed by atoms with van der Waals surface area (Å²) in [5.41, 5.74) is 6.82. The molecule has 6 aromatic rings. The van der Waals surface area contributed by atoms with Gasteiger partial charge in [0.15, 0.2) is 11.4 Å². The largest absolute Gasteiger partial charge is 0.353 e. The van der Waals surface area contributed by atoms with E-state index in [0.29, 0.717) is 11.3 Å². The van der Waals surface area contributed by atoms with E-state index in [0.717, 1.165) is 73.4 Å². The molecule has 0 atom stereocenters. The number of ketones is 1. The lowest BCUT2D eigenvalue weighted by atomic mass is 9.85. The van der Waals surface area contributed by atoms with Crippen LogP contribution in [0.25, 0.3) is 54.9 Å². The van der Waals surface area contributed by atoms with E-state index < -0.39 is 0 Å². The number of nitrogens with one attached hydrogen (secondary N) is 3. The number of H-pyrrole nitrogens is 2. The normalized spacial score (nSPS) is 13.6. The van der Waals surface area contributed by atoms with Crippen molar-refractivity contribution in [2.75, 3.05) is 5.32 Å². The number of amides is 1. The van der Waals surface area contributed by atoms with Crippen molar-refractivity contribution in [2.24, 2.45) is 5.92 Å². The predicted octanol–water partition coefficient (Wildman–Crippen LogP) is 6.84. The van der Waals surface area contributed by atoms with E-state index in [4.69, 9.17) is 0 Å². The second-order valence-electron chi connectivity index (χ2n) is 9.94. The number of pyridine rings is 2. The molecular formula is C30H24N6O2S. The molecule has 1 amide bonds. The summed E-state index contributed by atoms with van der Waals surface area (Å²) in [6, 6.07) is 16.1. The van der Waals surface area contributed by atoms with Crippen molar-refractivity contribution in [3.63, 3.8) is 0 Å². The summed E-state index contributed by atoms with van der Waals surface area (Å²) in [6.45, 7) is 1.59. The maximum Gasteiger partial charge on any atom is 0.227 e. The van der Waals surface area contributed by atoms with Crippen LogP contribution in [0.5, 0.6) is 0 Å². The smallest absolute Gasteiger partial charge is 0.227 e. The molecule has 39 heavy (non-hydrogen) atoms. The Morgan fingerprint density at radius 1 is 1.00 bits per heavy atom. The second kappa shape index (κ2) is 9.28. The number of thiophene rings is 1. The Kier molecular flexibility index (Phi) is 5.59. The first-order chi connectivity index (χ1) is 19.0. The van der Waals surface area contributed by atoms with Gasteiger partial charge in [0, 0.05) is 56.2 Å². The highest BCUT2D eigenvalue weighted by Gasteiger charge is 2.25. The fourth-order valence-electron chi connectivity index (χ4n) is 5.02. The molecule has 3 N–H and O–H groups in total. The average Bonchev–Trinajstić information content (AvgIpc) is 3.65. The summed E-state index contributed by atoms with van der Waals surface area (Å²) in [7, 11) is 0. The summed E-state index contributed by atoms with van der Waals surface area (Å²) in [4.78, 5) is 38.5. The molecule has 9 heteroatoms. The van der Waals surface area contributed by atoms with Crippen LogP contribution >= 0.6 is 11.3 Å². The third-order valence-corrected chi connectivity index (χ3v) is 8.60. The number of carbonyl (C=O) groups is 2. The van der Waals surface area contributed by atoms with Gasteiger partial charge in [-0.05, 0) is 56.2 Å². The molecule has 7 rings (SSSR count). The summed E-state index contributed by atoms with van der Waals surface area (Å²) in [5, 5.41) is 12.5. The van der Waals surface area contributed by atoms with Crippen LogP contribution in [0.2, 0.25) is 0 Å². The van der Waals surface area contributed by atoms with Crippen LogP contribution in [0.1, 0.15) is 35.9 Å². The van der Waals surface area contributed by atoms with E-state index in [1.165, 1.54) is 11.3 Å². The van der Waals surface area contributed by atoms with E-state index in [1.54, 1.807) is 25.5 Å². The highest BCUT2D eigenvalue weighted by Crippen LogP contribution is 2.37. The number of aromatic amines is 2. The number of hydrogen-bond acceptors (Lipinski definition) is 6. The molecule has 1 aliphatic rings. The van der Waals surface area contributed by atoms with E-state index in [9.17, 15) is 9.59 Å². The second-order valence-corrected chi connectivity index (χ2v) is 11.0. The fraction of sp³-hybridized carbons (Fsp3) is 0.167. The van der Waals surface area contributed by atoms with E-state index >= 15 is 0 Å². The highest BCUT2D eigenvalue weighted by molar-refractivity contribution is 7.17. The molecule has 0 aliphatic heterocycles. The van der Waals surface area contributed by atoms with Gasteiger partial charge in [0.2, 0.25) is 5.91 Å². The standard InChI is InChI=1S/C30H24N6O2S/c1-16(37)26-8-9-27(39-26)21-6-3-7-24-22(21)12-25(34-24)28-23-11-19(14-32-29(23)36-35-28)18-10-20(15-31-13-18)33-30(38)17-4-2-5-17/h3,6-15,17,34H,2,4-5H2,1H3,(H,33,38)(H,32,35,36). The van der Waals surface area contributed by atoms with E-state index in [-0.39, 0.29) is 17.6 Å². The Labute approximate surface area is 227 Å². The summed E-state index contributed by atoms with van der Waals surface area (Å²) in [6.07, 6.45) is 8.23. The molecule has 1 aromatic carbocycles. The number of rotatable bonds is 6. The predicted molar refractivity (Wildman–Crippen MR) is 154 cm³/mol. The average molecular weight is 533 g/mol. The zero-order valence-corrected chi connectivity index (χ0v) is 21.9. The van der Waals surface area contributed by atoms with Crippen LogP contribution in [-0.2, 0) is 4.79 Å². The van der Waals surface area contributed by atoms with Crippen LogP contribution in [0, 0.1) is 5.92 Å². The monoisotopic (exact) mass is 532 g/mol. The van der Waals surface area contributed by atoms with E-state index in [1.807, 2.05) is 36.4 Å². The van der Waals surface area contributed by atoms with Gasteiger partial charge in [-0.15, -0.1) is 11.3 Å². The first-order valence-corrected chi connectivity index (χ1v) is 13.7. The molecule has 5 aromatic heterocycles. The zero-order chi connectivity index (χ0) is 26.5. The number of hydrogen-bond donors (Lipinski definition) is 3. The minimum Gasteiger partial charge on any atom is -0.353 e. The molecule has 0 unspecified atom stereocenters. The topological polar surface area (TPSA) is 116 Å². The van der Waals surface area contributed by atoms with Crippen molar-refractivity contribution in [2.45, 2.75) is 26.2 Å². The summed E-state index contributed by atoms with van der Waals surface area (Å²) >= 11 is 1.50. The van der Waals surface area contributed by atoms with Gasteiger partial charge < -0.3 is 10.3 Å². The lowest BCUT2D eigenvalue weighted by Crippen LogP contribution is -2.28. The Balaban J connectivity index is 1.25. The number of aromatic nitrogens is 5. The molecule has 0 saturated heterocycles. The minimum atomic E-state index is 0.0594. The van der Waals surface area contributed by atoms with Gasteiger partial charge in [0.05, 0.1) is 28.1 Å². The first-order valence-electron chi connectivity index (χ1n) is 12.9. The number of nitrogens with zero attached hydrogens (tertiary/aromatic N) is 3. The van der Waals surface area contributed by atoms with Crippen molar-refractivity contribution >= 4 is 50.7 Å². The van der Waals surface area contributed by atoms with Crippen molar-refractivity contribution in [1.29, 1.82) is 0 Å². The quantitative estimate of drug-likeness (QED) is 0.203. The lowest BCUT2D eigenvalue weighted by molar-refractivity contribution is -0.122. The minimum absolute atomic E-state index is 0.0594. The number of anilines is 1. The van der Waals surface area contributed by atoms with Crippen LogP contribution in [0.4, 0.5) is 5.69 Å². The zero-order valence-electron chi connectivity index (χ0n) is 21.1. The molecule has 1 aliphatic carbocycles. The first kappa shape index (κ1) is 23.5. The Morgan fingerprint density at radius 3 is 2.67 bits per heavy atom. The van der Waals surface area contributed by atoms with Crippen LogP contribution in [0.3, 0.4) is 0 Å². The maximum atomic E-state index is 12.4. The molecule has 0 radical (unpaired) electrons. The number of Topliss-reactive ketones (excluding diaryl/α,β-unsaturated/α-hetero) is 1. The molecule has 0 spiro atoms. The van der Waals surface area contributed by atoms with Crippen molar-refractivity contribution < 1.29 is 9.59 Å². The highest BCUT2D eigenvalue weighted by atomic mass is 32.1. The van der Waals surface area contributed by atoms with Gasteiger partial charge in [0.1, 0.15) is 0 Å². The maximum absolute atomic E-state index is 12.4. The summed E-state index contributed by atoms with van der Waals surface area (Å²) in [5.74, 6) is 0.235. The summed E-state index contributed by atoms with van der Waals surface area (Å²) < 4.78 is 0. The molecule has 8 nitrogen and oxygen atoms in total. The molecule has 192 valence electrons.